The van der Waals surface area contributed by atoms with Gasteiger partial charge in [0.15, 0.2) is 0 Å². The molecule has 1 aromatic heterocycles. The van der Waals surface area contributed by atoms with Crippen LogP contribution in [-0.4, -0.2) is 10.9 Å². The zero-order chi connectivity index (χ0) is 10.8. The van der Waals surface area contributed by atoms with Crippen LogP contribution in [0.2, 0.25) is 0 Å². The summed E-state index contributed by atoms with van der Waals surface area (Å²) in [4.78, 5) is 15.0. The van der Waals surface area contributed by atoms with E-state index in [1.807, 2.05) is 5.43 Å². The Morgan fingerprint density at radius 2 is 2.27 bits per heavy atom. The van der Waals surface area contributed by atoms with Crippen molar-refractivity contribution in [2.24, 2.45) is 5.84 Å². The van der Waals surface area contributed by atoms with E-state index >= 15 is 0 Å². The van der Waals surface area contributed by atoms with Crippen LogP contribution >= 0.6 is 0 Å². The molecule has 0 fully saturated rings. The third kappa shape index (κ3) is 1.64. The number of nitrogens with zero attached hydrogens (tertiary/aromatic N) is 1. The normalized spacial score (nSPS) is 10.3. The molecular formula is C10H8FN3O. The summed E-state index contributed by atoms with van der Waals surface area (Å²) in [5.74, 6) is 3.96. The van der Waals surface area contributed by atoms with Crippen LogP contribution in [0.25, 0.3) is 10.8 Å². The van der Waals surface area contributed by atoms with Gasteiger partial charge >= 0.3 is 0 Å². The maximum Gasteiger partial charge on any atom is 0.265 e. The molecule has 0 aliphatic carbocycles. The highest BCUT2D eigenvalue weighted by Crippen LogP contribution is 2.18. The summed E-state index contributed by atoms with van der Waals surface area (Å²) in [5, 5.41) is 0.995. The number of carbonyl (C=O) groups excluding carboxylic acids is 1. The molecule has 0 radical (unpaired) electrons. The molecule has 15 heavy (non-hydrogen) atoms. The van der Waals surface area contributed by atoms with E-state index in [4.69, 9.17) is 5.84 Å². The highest BCUT2D eigenvalue weighted by molar-refractivity contribution is 5.98. The zero-order valence-corrected chi connectivity index (χ0v) is 7.70. The van der Waals surface area contributed by atoms with Gasteiger partial charge in [-0.2, -0.15) is 0 Å². The first-order chi connectivity index (χ1) is 7.22. The number of benzene rings is 1. The monoisotopic (exact) mass is 205 g/mol. The molecule has 5 heteroatoms. The lowest BCUT2D eigenvalue weighted by Gasteiger charge is -2.03. The second kappa shape index (κ2) is 3.62. The highest BCUT2D eigenvalue weighted by Gasteiger charge is 2.08. The van der Waals surface area contributed by atoms with Gasteiger partial charge in [-0.25, -0.2) is 10.2 Å². The van der Waals surface area contributed by atoms with Gasteiger partial charge in [0.2, 0.25) is 0 Å². The third-order valence-electron chi connectivity index (χ3n) is 2.10. The van der Waals surface area contributed by atoms with Gasteiger partial charge in [0, 0.05) is 23.3 Å². The highest BCUT2D eigenvalue weighted by atomic mass is 19.1. The minimum absolute atomic E-state index is 0.189. The predicted molar refractivity (Wildman–Crippen MR) is 53.4 cm³/mol. The van der Waals surface area contributed by atoms with Crippen LogP contribution < -0.4 is 11.3 Å². The number of rotatable bonds is 1. The molecular weight excluding hydrogens is 197 g/mol. The number of hydrogen-bond acceptors (Lipinski definition) is 3. The summed E-state index contributed by atoms with van der Waals surface area (Å²) >= 11 is 0. The fourth-order valence-corrected chi connectivity index (χ4v) is 1.37. The molecule has 4 nitrogen and oxygen atoms in total. The lowest BCUT2D eigenvalue weighted by molar-refractivity contribution is 0.0953. The second-order valence-electron chi connectivity index (χ2n) is 3.03. The number of aromatic nitrogens is 1. The molecule has 2 aromatic rings. The van der Waals surface area contributed by atoms with Crippen molar-refractivity contribution in [1.82, 2.24) is 10.4 Å². The van der Waals surface area contributed by atoms with Gasteiger partial charge in [0.05, 0.1) is 0 Å². The molecule has 0 aliphatic heterocycles. The van der Waals surface area contributed by atoms with Gasteiger partial charge in [-0.15, -0.1) is 0 Å². The Bertz CT molecular complexity index is 527. The van der Waals surface area contributed by atoms with E-state index < -0.39 is 11.7 Å². The van der Waals surface area contributed by atoms with Crippen molar-refractivity contribution >= 4 is 16.7 Å². The summed E-state index contributed by atoms with van der Waals surface area (Å²) in [5.41, 5.74) is 2.14. The number of fused-ring (bicyclic) bond motifs is 1. The summed E-state index contributed by atoms with van der Waals surface area (Å²) < 4.78 is 13.5. The van der Waals surface area contributed by atoms with Crippen molar-refractivity contribution in [1.29, 1.82) is 0 Å². The largest absolute Gasteiger partial charge is 0.290 e. The van der Waals surface area contributed by atoms with E-state index in [0.717, 1.165) is 6.07 Å². The Kier molecular flexibility index (Phi) is 2.31. The Balaban J connectivity index is 2.67. The molecule has 0 spiro atoms. The van der Waals surface area contributed by atoms with Gasteiger partial charge in [0.1, 0.15) is 5.82 Å². The Labute approximate surface area is 84.9 Å². The summed E-state index contributed by atoms with van der Waals surface area (Å²) in [6.07, 6.45) is 2.95. The van der Waals surface area contributed by atoms with Gasteiger partial charge in [-0.05, 0) is 23.6 Å². The number of nitrogens with two attached hydrogens (primary N) is 1. The third-order valence-corrected chi connectivity index (χ3v) is 2.10. The van der Waals surface area contributed by atoms with Crippen LogP contribution in [0.15, 0.2) is 30.6 Å². The second-order valence-corrected chi connectivity index (χ2v) is 3.03. The van der Waals surface area contributed by atoms with Gasteiger partial charge in [-0.3, -0.25) is 15.2 Å². The molecule has 0 unspecified atom stereocenters. The van der Waals surface area contributed by atoms with E-state index in [1.54, 1.807) is 12.1 Å². The van der Waals surface area contributed by atoms with Crippen LogP contribution in [0.4, 0.5) is 4.39 Å². The average molecular weight is 205 g/mol. The maximum absolute atomic E-state index is 13.5. The number of hydrazine groups is 1. The molecule has 1 amide bonds. The predicted octanol–water partition coefficient (Wildman–Crippen LogP) is 0.977. The van der Waals surface area contributed by atoms with E-state index in [2.05, 4.69) is 4.98 Å². The first-order valence-electron chi connectivity index (χ1n) is 4.26. The lowest BCUT2D eigenvalue weighted by atomic mass is 10.1. The van der Waals surface area contributed by atoms with Crippen molar-refractivity contribution in [3.05, 3.63) is 42.0 Å². The smallest absolute Gasteiger partial charge is 0.265 e. The fourth-order valence-electron chi connectivity index (χ4n) is 1.37. The maximum atomic E-state index is 13.5. The summed E-state index contributed by atoms with van der Waals surface area (Å²) in [6, 6.07) is 4.32. The zero-order valence-electron chi connectivity index (χ0n) is 7.70. The number of pyridine rings is 1. The number of nitrogens with one attached hydrogen (secondary N) is 1. The molecule has 1 heterocycles. The van der Waals surface area contributed by atoms with Crippen molar-refractivity contribution in [3.8, 4) is 0 Å². The fraction of sp³-hybridized carbons (Fsp3) is 0. The van der Waals surface area contributed by atoms with Crippen LogP contribution in [0.3, 0.4) is 0 Å². The van der Waals surface area contributed by atoms with Crippen LogP contribution in [0.1, 0.15) is 10.4 Å². The minimum Gasteiger partial charge on any atom is -0.290 e. The van der Waals surface area contributed by atoms with Crippen molar-refractivity contribution in [2.45, 2.75) is 0 Å². The quantitative estimate of drug-likeness (QED) is 0.414. The molecule has 0 bridgehead atoms. The number of amides is 1. The van der Waals surface area contributed by atoms with Crippen LogP contribution in [0.5, 0.6) is 0 Å². The topological polar surface area (TPSA) is 68.0 Å². The number of nitrogen functional groups attached to an aromatic ring is 1. The standard InChI is InChI=1S/C10H8FN3O/c11-9-4-7(10(15)14-12)3-6-1-2-13-5-8(6)9/h1-5H,12H2,(H,14,15). The molecule has 0 saturated carbocycles. The Hall–Kier alpha value is -2.01. The van der Waals surface area contributed by atoms with E-state index in [-0.39, 0.29) is 5.56 Å². The minimum atomic E-state index is -0.521. The number of hydrogen-bond donors (Lipinski definition) is 2. The first kappa shape index (κ1) is 9.54. The molecule has 76 valence electrons. The van der Waals surface area contributed by atoms with Crippen molar-refractivity contribution in [3.63, 3.8) is 0 Å². The molecule has 3 N–H and O–H groups in total. The lowest BCUT2D eigenvalue weighted by Crippen LogP contribution is -2.30. The van der Waals surface area contributed by atoms with E-state index in [0.29, 0.717) is 10.8 Å². The molecule has 0 aliphatic rings. The summed E-state index contributed by atoms with van der Waals surface area (Å²) in [7, 11) is 0. The number of halogens is 1. The number of carbonyl (C=O) groups is 1. The Morgan fingerprint density at radius 1 is 1.47 bits per heavy atom. The molecule has 0 saturated heterocycles. The van der Waals surface area contributed by atoms with Crippen molar-refractivity contribution in [2.75, 3.05) is 0 Å². The van der Waals surface area contributed by atoms with Gasteiger partial charge < -0.3 is 0 Å². The summed E-state index contributed by atoms with van der Waals surface area (Å²) in [6.45, 7) is 0. The molecule has 0 atom stereocenters. The van der Waals surface area contributed by atoms with E-state index in [9.17, 15) is 9.18 Å². The molecule has 1 aromatic carbocycles. The van der Waals surface area contributed by atoms with Crippen molar-refractivity contribution < 1.29 is 9.18 Å². The van der Waals surface area contributed by atoms with Gasteiger partial charge in [-0.1, -0.05) is 0 Å². The van der Waals surface area contributed by atoms with E-state index in [1.165, 1.54) is 12.4 Å². The van der Waals surface area contributed by atoms with Crippen LogP contribution in [0, 0.1) is 5.82 Å². The van der Waals surface area contributed by atoms with Gasteiger partial charge in [0.25, 0.3) is 5.91 Å². The average Bonchev–Trinajstić information content (AvgIpc) is 2.28. The first-order valence-corrected chi connectivity index (χ1v) is 4.26. The van der Waals surface area contributed by atoms with Crippen LogP contribution in [-0.2, 0) is 0 Å². The molecule has 2 rings (SSSR count). The SMILES string of the molecule is NNC(=O)c1cc(F)c2cnccc2c1. The Morgan fingerprint density at radius 3 is 3.00 bits per heavy atom.